The largest absolute Gasteiger partial charge is 0.497 e. The Kier molecular flexibility index (Phi) is 3.70. The van der Waals surface area contributed by atoms with E-state index in [0.717, 1.165) is 26.6 Å². The lowest BCUT2D eigenvalue weighted by atomic mass is 10.0. The van der Waals surface area contributed by atoms with Gasteiger partial charge in [-0.05, 0) is 24.6 Å². The molecular weight excluding hydrogens is 296 g/mol. The number of benzene rings is 1. The zero-order chi connectivity index (χ0) is 15.7. The predicted octanol–water partition coefficient (Wildman–Crippen LogP) is 3.08. The van der Waals surface area contributed by atoms with Crippen LogP contribution in [0.2, 0.25) is 0 Å². The van der Waals surface area contributed by atoms with E-state index in [1.54, 1.807) is 7.11 Å². The molecule has 5 heteroatoms. The average Bonchev–Trinajstić information content (AvgIpc) is 2.87. The second-order valence-corrected chi connectivity index (χ2v) is 6.03. The maximum absolute atomic E-state index is 12.7. The molecular formula is C17H14N2O2S. The van der Waals surface area contributed by atoms with Gasteiger partial charge in [0.2, 0.25) is 0 Å². The van der Waals surface area contributed by atoms with Crippen molar-refractivity contribution in [1.82, 2.24) is 9.55 Å². The van der Waals surface area contributed by atoms with E-state index in [4.69, 9.17) is 11.2 Å². The molecule has 0 saturated carbocycles. The first kappa shape index (κ1) is 14.4. The summed E-state index contributed by atoms with van der Waals surface area (Å²) in [7, 11) is 1.62. The van der Waals surface area contributed by atoms with Gasteiger partial charge in [0, 0.05) is 10.4 Å². The van der Waals surface area contributed by atoms with Crippen LogP contribution >= 0.6 is 11.3 Å². The normalized spacial score (nSPS) is 10.6. The Morgan fingerprint density at radius 3 is 3.00 bits per heavy atom. The highest BCUT2D eigenvalue weighted by Gasteiger charge is 2.17. The zero-order valence-electron chi connectivity index (χ0n) is 12.3. The van der Waals surface area contributed by atoms with E-state index in [1.165, 1.54) is 22.2 Å². The Labute approximate surface area is 132 Å². The summed E-state index contributed by atoms with van der Waals surface area (Å²) in [6.07, 6.45) is 6.82. The number of ether oxygens (including phenoxy) is 1. The third-order valence-electron chi connectivity index (χ3n) is 3.47. The monoisotopic (exact) mass is 310 g/mol. The lowest BCUT2D eigenvalue weighted by molar-refractivity contribution is 0.415. The number of terminal acetylenes is 1. The summed E-state index contributed by atoms with van der Waals surface area (Å²) in [5.74, 6) is 3.23. The predicted molar refractivity (Wildman–Crippen MR) is 89.4 cm³/mol. The lowest BCUT2D eigenvalue weighted by Gasteiger charge is -2.06. The molecule has 4 nitrogen and oxygen atoms in total. The number of aryl methyl sites for hydroxylation is 1. The number of hydrogen-bond donors (Lipinski definition) is 0. The first-order valence-electron chi connectivity index (χ1n) is 6.72. The Balaban J connectivity index is 2.33. The summed E-state index contributed by atoms with van der Waals surface area (Å²) < 4.78 is 6.73. The maximum Gasteiger partial charge on any atom is 0.263 e. The van der Waals surface area contributed by atoms with Gasteiger partial charge in [-0.25, -0.2) is 4.98 Å². The standard InChI is InChI=1S/C17H14N2O2S/c1-4-8-19-10-18-16-15(17(19)20)14(11(2)22-16)12-6-5-7-13(9-12)21-3/h1,5-7,9-10H,8H2,2-3H3. The van der Waals surface area contributed by atoms with Gasteiger partial charge in [-0.2, -0.15) is 0 Å². The Morgan fingerprint density at radius 2 is 2.27 bits per heavy atom. The number of aromatic nitrogens is 2. The van der Waals surface area contributed by atoms with Crippen LogP contribution in [-0.4, -0.2) is 16.7 Å². The van der Waals surface area contributed by atoms with Crippen molar-refractivity contribution >= 4 is 21.6 Å². The molecule has 2 aromatic heterocycles. The quantitative estimate of drug-likeness (QED) is 0.698. The molecule has 0 atom stereocenters. The Bertz CT molecular complexity index is 947. The highest BCUT2D eigenvalue weighted by molar-refractivity contribution is 7.19. The van der Waals surface area contributed by atoms with Crippen LogP contribution in [0.25, 0.3) is 21.3 Å². The molecule has 0 bridgehead atoms. The molecule has 0 fully saturated rings. The topological polar surface area (TPSA) is 44.1 Å². The van der Waals surface area contributed by atoms with E-state index in [1.807, 2.05) is 31.2 Å². The molecule has 0 N–H and O–H groups in total. The third kappa shape index (κ3) is 2.28. The van der Waals surface area contributed by atoms with Crippen molar-refractivity contribution in [2.45, 2.75) is 13.5 Å². The second-order valence-electron chi connectivity index (χ2n) is 4.83. The van der Waals surface area contributed by atoms with Crippen LogP contribution in [0.4, 0.5) is 0 Å². The van der Waals surface area contributed by atoms with Crippen molar-refractivity contribution in [3.05, 3.63) is 45.8 Å². The highest BCUT2D eigenvalue weighted by Crippen LogP contribution is 2.36. The Morgan fingerprint density at radius 1 is 1.45 bits per heavy atom. The summed E-state index contributed by atoms with van der Waals surface area (Å²) >= 11 is 1.51. The molecule has 0 aliphatic heterocycles. The average molecular weight is 310 g/mol. The van der Waals surface area contributed by atoms with Crippen LogP contribution in [0.3, 0.4) is 0 Å². The molecule has 1 aromatic carbocycles. The van der Waals surface area contributed by atoms with E-state index >= 15 is 0 Å². The number of hydrogen-bond acceptors (Lipinski definition) is 4. The number of thiophene rings is 1. The summed E-state index contributed by atoms with van der Waals surface area (Å²) in [5.41, 5.74) is 1.74. The van der Waals surface area contributed by atoms with E-state index < -0.39 is 0 Å². The molecule has 3 aromatic rings. The van der Waals surface area contributed by atoms with Gasteiger partial charge in [0.05, 0.1) is 25.4 Å². The fourth-order valence-corrected chi connectivity index (χ4v) is 3.48. The van der Waals surface area contributed by atoms with E-state index in [9.17, 15) is 4.79 Å². The van der Waals surface area contributed by atoms with Gasteiger partial charge in [-0.1, -0.05) is 18.1 Å². The minimum atomic E-state index is -0.106. The lowest BCUT2D eigenvalue weighted by Crippen LogP contribution is -2.19. The van der Waals surface area contributed by atoms with Crippen LogP contribution in [0.1, 0.15) is 4.88 Å². The van der Waals surface area contributed by atoms with Crippen molar-refractivity contribution in [3.8, 4) is 29.2 Å². The number of fused-ring (bicyclic) bond motifs is 1. The van der Waals surface area contributed by atoms with E-state index in [0.29, 0.717) is 5.39 Å². The van der Waals surface area contributed by atoms with Crippen molar-refractivity contribution in [2.24, 2.45) is 0 Å². The molecule has 0 amide bonds. The number of nitrogens with zero attached hydrogens (tertiary/aromatic N) is 2. The Hall–Kier alpha value is -2.58. The summed E-state index contributed by atoms with van der Waals surface area (Å²) in [4.78, 5) is 18.8. The van der Waals surface area contributed by atoms with Gasteiger partial charge in [-0.15, -0.1) is 17.8 Å². The summed E-state index contributed by atoms with van der Waals surface area (Å²) in [6, 6.07) is 7.68. The molecule has 0 spiro atoms. The van der Waals surface area contributed by atoms with Crippen LogP contribution in [0, 0.1) is 19.3 Å². The molecule has 2 heterocycles. The number of methoxy groups -OCH3 is 1. The fraction of sp³-hybridized carbons (Fsp3) is 0.176. The summed E-state index contributed by atoms with van der Waals surface area (Å²) in [6.45, 7) is 2.21. The molecule has 22 heavy (non-hydrogen) atoms. The van der Waals surface area contributed by atoms with Crippen LogP contribution in [0.15, 0.2) is 35.4 Å². The number of rotatable bonds is 3. The molecule has 0 radical (unpaired) electrons. The van der Waals surface area contributed by atoms with Crippen molar-refractivity contribution in [3.63, 3.8) is 0 Å². The van der Waals surface area contributed by atoms with Gasteiger partial charge in [-0.3, -0.25) is 9.36 Å². The molecule has 0 aliphatic rings. The van der Waals surface area contributed by atoms with Crippen molar-refractivity contribution < 1.29 is 4.74 Å². The van der Waals surface area contributed by atoms with E-state index in [-0.39, 0.29) is 12.1 Å². The third-order valence-corrected chi connectivity index (χ3v) is 4.49. The van der Waals surface area contributed by atoms with Crippen LogP contribution in [-0.2, 0) is 6.54 Å². The van der Waals surface area contributed by atoms with Crippen molar-refractivity contribution in [1.29, 1.82) is 0 Å². The molecule has 0 unspecified atom stereocenters. The first-order chi connectivity index (χ1) is 10.7. The summed E-state index contributed by atoms with van der Waals surface area (Å²) in [5, 5.41) is 0.619. The smallest absolute Gasteiger partial charge is 0.263 e. The maximum atomic E-state index is 12.7. The SMILES string of the molecule is C#CCn1cnc2sc(C)c(-c3cccc(OC)c3)c2c1=O. The van der Waals surface area contributed by atoms with Crippen molar-refractivity contribution in [2.75, 3.05) is 7.11 Å². The second kappa shape index (κ2) is 5.66. The van der Waals surface area contributed by atoms with Gasteiger partial charge in [0.1, 0.15) is 10.6 Å². The van der Waals surface area contributed by atoms with Gasteiger partial charge >= 0.3 is 0 Å². The van der Waals surface area contributed by atoms with Crippen LogP contribution < -0.4 is 10.3 Å². The minimum absolute atomic E-state index is 0.106. The molecule has 3 rings (SSSR count). The van der Waals surface area contributed by atoms with Crippen LogP contribution in [0.5, 0.6) is 5.75 Å². The first-order valence-corrected chi connectivity index (χ1v) is 7.53. The van der Waals surface area contributed by atoms with E-state index in [2.05, 4.69) is 10.9 Å². The highest BCUT2D eigenvalue weighted by atomic mass is 32.1. The minimum Gasteiger partial charge on any atom is -0.497 e. The van der Waals surface area contributed by atoms with Gasteiger partial charge in [0.25, 0.3) is 5.56 Å². The molecule has 110 valence electrons. The zero-order valence-corrected chi connectivity index (χ0v) is 13.1. The molecule has 0 saturated heterocycles. The van der Waals surface area contributed by atoms with Gasteiger partial charge < -0.3 is 4.74 Å². The molecule has 0 aliphatic carbocycles. The fourth-order valence-electron chi connectivity index (χ4n) is 2.47. The van der Waals surface area contributed by atoms with Gasteiger partial charge in [0.15, 0.2) is 0 Å².